The SMILES string of the molecule is COc1ccc(C2CCCN2C(C)C(=O)c2ccc(NC(C)=O)cc2)cc1. The highest BCUT2D eigenvalue weighted by atomic mass is 16.5. The molecule has 0 spiro atoms. The monoisotopic (exact) mass is 366 g/mol. The first-order valence-corrected chi connectivity index (χ1v) is 9.31. The Morgan fingerprint density at radius 1 is 1.11 bits per heavy atom. The number of ether oxygens (including phenoxy) is 1. The lowest BCUT2D eigenvalue weighted by Gasteiger charge is -2.30. The van der Waals surface area contributed by atoms with Crippen molar-refractivity contribution in [3.05, 3.63) is 59.7 Å². The average molecular weight is 366 g/mol. The Morgan fingerprint density at radius 2 is 1.78 bits per heavy atom. The summed E-state index contributed by atoms with van der Waals surface area (Å²) in [6.07, 6.45) is 2.13. The number of likely N-dealkylation sites (tertiary alicyclic amines) is 1. The molecule has 0 radical (unpaired) electrons. The Bertz CT molecular complexity index is 799. The van der Waals surface area contributed by atoms with Crippen LogP contribution in [0.2, 0.25) is 0 Å². The maximum Gasteiger partial charge on any atom is 0.221 e. The lowest BCUT2D eigenvalue weighted by atomic mass is 10.00. The van der Waals surface area contributed by atoms with E-state index in [1.165, 1.54) is 12.5 Å². The molecule has 0 aliphatic carbocycles. The quantitative estimate of drug-likeness (QED) is 0.783. The molecule has 3 rings (SSSR count). The summed E-state index contributed by atoms with van der Waals surface area (Å²) in [5, 5.41) is 2.72. The number of ketones is 1. The number of benzene rings is 2. The van der Waals surface area contributed by atoms with E-state index in [1.807, 2.05) is 19.1 Å². The van der Waals surface area contributed by atoms with Crippen LogP contribution in [-0.2, 0) is 4.79 Å². The van der Waals surface area contributed by atoms with E-state index in [9.17, 15) is 9.59 Å². The van der Waals surface area contributed by atoms with Gasteiger partial charge in [-0.25, -0.2) is 0 Å². The number of amides is 1. The van der Waals surface area contributed by atoms with Crippen LogP contribution < -0.4 is 10.1 Å². The van der Waals surface area contributed by atoms with E-state index >= 15 is 0 Å². The molecule has 1 heterocycles. The molecule has 1 saturated heterocycles. The molecular weight excluding hydrogens is 340 g/mol. The van der Waals surface area contributed by atoms with E-state index in [1.54, 1.807) is 31.4 Å². The number of rotatable bonds is 6. The van der Waals surface area contributed by atoms with Crippen LogP contribution in [0, 0.1) is 0 Å². The third kappa shape index (κ3) is 4.37. The highest BCUT2D eigenvalue weighted by molar-refractivity contribution is 6.00. The first-order chi connectivity index (χ1) is 13.0. The zero-order valence-corrected chi connectivity index (χ0v) is 16.1. The van der Waals surface area contributed by atoms with Gasteiger partial charge >= 0.3 is 0 Å². The van der Waals surface area contributed by atoms with E-state index in [2.05, 4.69) is 22.3 Å². The van der Waals surface area contributed by atoms with Crippen LogP contribution in [0.3, 0.4) is 0 Å². The number of carbonyl (C=O) groups excluding carboxylic acids is 2. The van der Waals surface area contributed by atoms with Crippen molar-refractivity contribution < 1.29 is 14.3 Å². The van der Waals surface area contributed by atoms with E-state index < -0.39 is 0 Å². The van der Waals surface area contributed by atoms with Crippen LogP contribution in [-0.4, -0.2) is 36.3 Å². The van der Waals surface area contributed by atoms with Crippen LogP contribution in [0.4, 0.5) is 5.69 Å². The molecule has 1 fully saturated rings. The minimum absolute atomic E-state index is 0.102. The molecule has 5 nitrogen and oxygen atoms in total. The van der Waals surface area contributed by atoms with Gasteiger partial charge in [-0.2, -0.15) is 0 Å². The molecule has 0 bridgehead atoms. The zero-order valence-electron chi connectivity index (χ0n) is 16.1. The Hall–Kier alpha value is -2.66. The number of carbonyl (C=O) groups is 2. The van der Waals surface area contributed by atoms with Crippen LogP contribution in [0.15, 0.2) is 48.5 Å². The molecule has 2 unspecified atom stereocenters. The van der Waals surface area contributed by atoms with Crippen molar-refractivity contribution in [3.8, 4) is 5.75 Å². The van der Waals surface area contributed by atoms with Gasteiger partial charge in [-0.15, -0.1) is 0 Å². The predicted molar refractivity (Wildman–Crippen MR) is 106 cm³/mol. The number of hydrogen-bond donors (Lipinski definition) is 1. The average Bonchev–Trinajstić information content (AvgIpc) is 3.17. The van der Waals surface area contributed by atoms with Crippen LogP contribution >= 0.6 is 0 Å². The molecule has 1 aliphatic rings. The summed E-state index contributed by atoms with van der Waals surface area (Å²) >= 11 is 0. The highest BCUT2D eigenvalue weighted by Crippen LogP contribution is 2.35. The minimum Gasteiger partial charge on any atom is -0.497 e. The number of nitrogens with one attached hydrogen (secondary N) is 1. The molecule has 1 N–H and O–H groups in total. The van der Waals surface area contributed by atoms with Gasteiger partial charge in [0, 0.05) is 24.2 Å². The Kier molecular flexibility index (Phi) is 5.91. The number of nitrogens with zero attached hydrogens (tertiary/aromatic N) is 1. The van der Waals surface area contributed by atoms with Gasteiger partial charge < -0.3 is 10.1 Å². The summed E-state index contributed by atoms with van der Waals surface area (Å²) in [5.74, 6) is 0.818. The van der Waals surface area contributed by atoms with E-state index in [0.717, 1.165) is 25.1 Å². The van der Waals surface area contributed by atoms with Gasteiger partial charge in [0.05, 0.1) is 13.2 Å². The molecule has 0 aromatic heterocycles. The van der Waals surface area contributed by atoms with Crippen LogP contribution in [0.5, 0.6) is 5.75 Å². The van der Waals surface area contributed by atoms with Crippen LogP contribution in [0.25, 0.3) is 0 Å². The van der Waals surface area contributed by atoms with Crippen molar-refractivity contribution >= 4 is 17.4 Å². The van der Waals surface area contributed by atoms with E-state index in [4.69, 9.17) is 4.74 Å². The Labute approximate surface area is 160 Å². The number of hydrogen-bond acceptors (Lipinski definition) is 4. The van der Waals surface area contributed by atoms with Gasteiger partial charge in [0.1, 0.15) is 5.75 Å². The Morgan fingerprint density at radius 3 is 2.37 bits per heavy atom. The van der Waals surface area contributed by atoms with Crippen molar-refractivity contribution in [1.82, 2.24) is 4.90 Å². The second kappa shape index (κ2) is 8.35. The van der Waals surface area contributed by atoms with Crippen molar-refractivity contribution in [3.63, 3.8) is 0 Å². The number of Topliss-reactive ketones (excluding diaryl/α,β-unsaturated/α-hetero) is 1. The molecule has 2 atom stereocenters. The molecule has 1 amide bonds. The van der Waals surface area contributed by atoms with Crippen molar-refractivity contribution in [2.75, 3.05) is 19.0 Å². The van der Waals surface area contributed by atoms with E-state index in [-0.39, 0.29) is 23.8 Å². The maximum atomic E-state index is 13.0. The summed E-state index contributed by atoms with van der Waals surface area (Å²) in [4.78, 5) is 26.4. The zero-order chi connectivity index (χ0) is 19.4. The van der Waals surface area contributed by atoms with Gasteiger partial charge in [0.2, 0.25) is 5.91 Å². The highest BCUT2D eigenvalue weighted by Gasteiger charge is 2.33. The molecular formula is C22H26N2O3. The minimum atomic E-state index is -0.203. The fourth-order valence-electron chi connectivity index (χ4n) is 3.75. The standard InChI is InChI=1S/C22H26N2O3/c1-15(22(26)18-6-10-19(11-7-18)23-16(2)25)24-14-4-5-21(24)17-8-12-20(27-3)13-9-17/h6-13,15,21H,4-5,14H2,1-3H3,(H,23,25). The molecule has 142 valence electrons. The third-order valence-electron chi connectivity index (χ3n) is 5.16. The number of anilines is 1. The largest absolute Gasteiger partial charge is 0.497 e. The summed E-state index contributed by atoms with van der Waals surface area (Å²) < 4.78 is 5.24. The first kappa shape index (κ1) is 19.1. The van der Waals surface area contributed by atoms with Crippen LogP contribution in [0.1, 0.15) is 48.7 Å². The third-order valence-corrected chi connectivity index (χ3v) is 5.16. The first-order valence-electron chi connectivity index (χ1n) is 9.31. The lowest BCUT2D eigenvalue weighted by Crippen LogP contribution is -2.38. The summed E-state index contributed by atoms with van der Waals surface area (Å²) in [6, 6.07) is 15.3. The molecule has 5 heteroatoms. The molecule has 27 heavy (non-hydrogen) atoms. The van der Waals surface area contributed by atoms with Gasteiger partial charge in [-0.1, -0.05) is 12.1 Å². The molecule has 1 aliphatic heterocycles. The topological polar surface area (TPSA) is 58.6 Å². The second-order valence-corrected chi connectivity index (χ2v) is 6.97. The van der Waals surface area contributed by atoms with E-state index in [0.29, 0.717) is 11.3 Å². The smallest absolute Gasteiger partial charge is 0.221 e. The Balaban J connectivity index is 1.73. The predicted octanol–water partition coefficient (Wildman–Crippen LogP) is 4.06. The fraction of sp³-hybridized carbons (Fsp3) is 0.364. The van der Waals surface area contributed by atoms with Crippen molar-refractivity contribution in [1.29, 1.82) is 0 Å². The summed E-state index contributed by atoms with van der Waals surface area (Å²) in [6.45, 7) is 4.35. The molecule has 2 aromatic carbocycles. The lowest BCUT2D eigenvalue weighted by molar-refractivity contribution is -0.114. The molecule has 2 aromatic rings. The van der Waals surface area contributed by atoms with Crippen molar-refractivity contribution in [2.45, 2.75) is 38.8 Å². The normalized spacial score (nSPS) is 18.1. The van der Waals surface area contributed by atoms with Gasteiger partial charge in [0.15, 0.2) is 5.78 Å². The van der Waals surface area contributed by atoms with Gasteiger partial charge in [0.25, 0.3) is 0 Å². The summed E-state index contributed by atoms with van der Waals surface area (Å²) in [5.41, 5.74) is 2.58. The maximum absolute atomic E-state index is 13.0. The van der Waals surface area contributed by atoms with Crippen molar-refractivity contribution in [2.24, 2.45) is 0 Å². The van der Waals surface area contributed by atoms with Gasteiger partial charge in [-0.05, 0) is 68.3 Å². The van der Waals surface area contributed by atoms with Gasteiger partial charge in [-0.3, -0.25) is 14.5 Å². The second-order valence-electron chi connectivity index (χ2n) is 6.97. The molecule has 0 saturated carbocycles. The summed E-state index contributed by atoms with van der Waals surface area (Å²) in [7, 11) is 1.66. The number of methoxy groups -OCH3 is 1. The fourth-order valence-corrected chi connectivity index (χ4v) is 3.75.